The molecule has 0 aromatic rings. The summed E-state index contributed by atoms with van der Waals surface area (Å²) in [5.41, 5.74) is 1.26. The average molecular weight is 473 g/mol. The number of esters is 1. The first-order chi connectivity index (χ1) is 15.9. The van der Waals surface area contributed by atoms with Gasteiger partial charge in [-0.2, -0.15) is 0 Å². The van der Waals surface area contributed by atoms with E-state index in [4.69, 9.17) is 4.74 Å². The monoisotopic (exact) mass is 472 g/mol. The highest BCUT2D eigenvalue weighted by Crippen LogP contribution is 2.67. The molecule has 0 saturated heterocycles. The number of ether oxygens (including phenoxy) is 1. The van der Waals surface area contributed by atoms with Crippen molar-refractivity contribution in [1.82, 2.24) is 0 Å². The summed E-state index contributed by atoms with van der Waals surface area (Å²) in [4.78, 5) is 12.1. The first-order valence-electron chi connectivity index (χ1n) is 13.8. The summed E-state index contributed by atoms with van der Waals surface area (Å²) in [6.07, 6.45) is 11.5. The van der Waals surface area contributed by atoms with Crippen LogP contribution < -0.4 is 0 Å². The van der Waals surface area contributed by atoms with Crippen molar-refractivity contribution in [3.8, 4) is 0 Å². The fourth-order valence-electron chi connectivity index (χ4n) is 8.77. The zero-order valence-corrected chi connectivity index (χ0v) is 22.5. The normalized spacial score (nSPS) is 45.8. The maximum atomic E-state index is 12.1. The summed E-state index contributed by atoms with van der Waals surface area (Å²) in [6.45, 7) is 15.3. The molecule has 0 amide bonds. The first-order valence-corrected chi connectivity index (χ1v) is 13.8. The van der Waals surface area contributed by atoms with Crippen LogP contribution in [-0.2, 0) is 9.53 Å². The third kappa shape index (κ3) is 4.32. The Labute approximate surface area is 207 Å². The van der Waals surface area contributed by atoms with Crippen molar-refractivity contribution in [3.63, 3.8) is 0 Å². The second-order valence-electron chi connectivity index (χ2n) is 13.1. The van der Waals surface area contributed by atoms with Crippen LogP contribution in [0.25, 0.3) is 0 Å². The van der Waals surface area contributed by atoms with Gasteiger partial charge in [0.05, 0.1) is 12.2 Å². The highest BCUT2D eigenvalue weighted by atomic mass is 16.5. The fourth-order valence-corrected chi connectivity index (χ4v) is 8.77. The summed E-state index contributed by atoms with van der Waals surface area (Å²) in [7, 11) is 0. The lowest BCUT2D eigenvalue weighted by atomic mass is 9.46. The van der Waals surface area contributed by atoms with Crippen molar-refractivity contribution in [1.29, 1.82) is 0 Å². The molecule has 3 fully saturated rings. The number of aliphatic hydroxyl groups is 2. The highest BCUT2D eigenvalue weighted by molar-refractivity contribution is 5.66. The van der Waals surface area contributed by atoms with Crippen LogP contribution in [-0.4, -0.2) is 34.5 Å². The quantitative estimate of drug-likeness (QED) is 0.385. The molecule has 11 atom stereocenters. The van der Waals surface area contributed by atoms with Crippen molar-refractivity contribution < 1.29 is 19.7 Å². The predicted octanol–water partition coefficient (Wildman–Crippen LogP) is 5.92. The van der Waals surface area contributed by atoms with E-state index in [1.807, 2.05) is 0 Å². The van der Waals surface area contributed by atoms with E-state index in [0.29, 0.717) is 23.7 Å². The molecular weight excluding hydrogens is 424 g/mol. The molecule has 34 heavy (non-hydrogen) atoms. The minimum absolute atomic E-state index is 0.0316. The summed E-state index contributed by atoms with van der Waals surface area (Å²) >= 11 is 0. The van der Waals surface area contributed by atoms with Crippen molar-refractivity contribution in [3.05, 3.63) is 23.8 Å². The van der Waals surface area contributed by atoms with Crippen molar-refractivity contribution in [2.24, 2.45) is 52.3 Å². The third-order valence-electron chi connectivity index (χ3n) is 10.7. The fraction of sp³-hybridized carbons (Fsp3) is 0.833. The molecule has 3 saturated carbocycles. The average Bonchev–Trinajstić information content (AvgIpc) is 3.02. The lowest BCUT2D eigenvalue weighted by Gasteiger charge is -2.59. The van der Waals surface area contributed by atoms with Gasteiger partial charge in [0, 0.05) is 12.8 Å². The molecule has 192 valence electrons. The van der Waals surface area contributed by atoms with Crippen LogP contribution in [0.15, 0.2) is 23.8 Å². The molecule has 2 N–H and O–H groups in total. The van der Waals surface area contributed by atoms with E-state index < -0.39 is 0 Å². The highest BCUT2D eigenvalue weighted by Gasteiger charge is 2.64. The minimum Gasteiger partial charge on any atom is -0.462 e. The van der Waals surface area contributed by atoms with Gasteiger partial charge in [0.25, 0.3) is 0 Å². The van der Waals surface area contributed by atoms with Crippen molar-refractivity contribution in [2.75, 3.05) is 0 Å². The number of hydrogen-bond donors (Lipinski definition) is 2. The molecule has 0 aliphatic heterocycles. The molecule has 4 rings (SSSR count). The number of hydrogen-bond acceptors (Lipinski definition) is 4. The van der Waals surface area contributed by atoms with Crippen LogP contribution >= 0.6 is 0 Å². The van der Waals surface area contributed by atoms with Crippen LogP contribution in [0.1, 0.15) is 87.0 Å². The van der Waals surface area contributed by atoms with Gasteiger partial charge in [0.15, 0.2) is 0 Å². The Morgan fingerprint density at radius 1 is 1.18 bits per heavy atom. The van der Waals surface area contributed by atoms with Crippen LogP contribution in [0.3, 0.4) is 0 Å². The molecule has 0 bridgehead atoms. The van der Waals surface area contributed by atoms with Gasteiger partial charge in [0.2, 0.25) is 0 Å². The Morgan fingerprint density at radius 2 is 1.88 bits per heavy atom. The molecule has 4 aliphatic rings. The van der Waals surface area contributed by atoms with E-state index in [9.17, 15) is 15.0 Å². The number of carbonyl (C=O) groups excluding carboxylic acids is 1. The second kappa shape index (κ2) is 9.39. The maximum absolute atomic E-state index is 12.1. The molecule has 4 aliphatic carbocycles. The number of aliphatic hydroxyl groups excluding tert-OH is 2. The molecule has 0 aromatic heterocycles. The Morgan fingerprint density at radius 3 is 2.53 bits per heavy atom. The lowest BCUT2D eigenvalue weighted by Crippen LogP contribution is -2.56. The summed E-state index contributed by atoms with van der Waals surface area (Å²) < 4.78 is 6.01. The standard InChI is InChI=1S/C30H48O4/c1-17(2)18(3)8-9-19(4)27-26(34-20(5)31)15-24-23-11-10-21-14-22(32)12-13-29(21,6)28(23)25(33)16-30(24,27)7/h8-10,17-19,22-28,32-33H,11-16H2,1-7H3/b9-8+/t18?,19-,22+,23+,24+,25+,26+,27+,28?,29+,30+/m1/s1. The summed E-state index contributed by atoms with van der Waals surface area (Å²) in [6, 6.07) is 0. The minimum atomic E-state index is -0.362. The van der Waals surface area contributed by atoms with Gasteiger partial charge in [-0.3, -0.25) is 4.79 Å². The van der Waals surface area contributed by atoms with Crippen molar-refractivity contribution >= 4 is 5.97 Å². The maximum Gasteiger partial charge on any atom is 0.302 e. The molecular formula is C30H48O4. The van der Waals surface area contributed by atoms with Crippen LogP contribution in [0.4, 0.5) is 0 Å². The van der Waals surface area contributed by atoms with Gasteiger partial charge in [-0.05, 0) is 84.9 Å². The van der Waals surface area contributed by atoms with Crippen LogP contribution in [0.5, 0.6) is 0 Å². The molecule has 0 aromatic carbocycles. The van der Waals surface area contributed by atoms with Gasteiger partial charge >= 0.3 is 5.97 Å². The largest absolute Gasteiger partial charge is 0.462 e. The van der Waals surface area contributed by atoms with E-state index in [-0.39, 0.29) is 52.9 Å². The molecule has 4 heteroatoms. The third-order valence-corrected chi connectivity index (χ3v) is 10.7. The van der Waals surface area contributed by atoms with Gasteiger partial charge < -0.3 is 14.9 Å². The van der Waals surface area contributed by atoms with E-state index in [0.717, 1.165) is 38.5 Å². The van der Waals surface area contributed by atoms with E-state index in [2.05, 4.69) is 59.8 Å². The van der Waals surface area contributed by atoms with Crippen molar-refractivity contribution in [2.45, 2.75) is 105 Å². The van der Waals surface area contributed by atoms with Crippen LogP contribution in [0.2, 0.25) is 0 Å². The Hall–Kier alpha value is -1.13. The van der Waals surface area contributed by atoms with E-state index >= 15 is 0 Å². The Balaban J connectivity index is 1.68. The van der Waals surface area contributed by atoms with E-state index in [1.165, 1.54) is 12.5 Å². The SMILES string of the molecule is CC(=O)O[C@H]1C[C@H]2[C@@H]3CC=C4C[C@@H](O)CC[C@]4(C)C3[C@@H](O)C[C@]2(C)[C@H]1[C@H](C)/C=C/C(C)C(C)C. The second-order valence-corrected chi connectivity index (χ2v) is 13.1. The number of allylic oxidation sites excluding steroid dienone is 3. The Bertz CT molecular complexity index is 830. The van der Waals surface area contributed by atoms with Gasteiger partial charge in [-0.1, -0.05) is 65.3 Å². The van der Waals surface area contributed by atoms with Crippen LogP contribution in [0, 0.1) is 52.3 Å². The lowest BCUT2D eigenvalue weighted by molar-refractivity contribution is -0.151. The topological polar surface area (TPSA) is 66.8 Å². The zero-order valence-electron chi connectivity index (χ0n) is 22.5. The smallest absolute Gasteiger partial charge is 0.302 e. The number of carbonyl (C=O) groups is 1. The predicted molar refractivity (Wildman–Crippen MR) is 136 cm³/mol. The molecule has 4 nitrogen and oxygen atoms in total. The number of fused-ring (bicyclic) bond motifs is 5. The molecule has 0 spiro atoms. The molecule has 2 unspecified atom stereocenters. The Kier molecular flexibility index (Phi) is 7.17. The van der Waals surface area contributed by atoms with Gasteiger partial charge in [0.1, 0.15) is 6.10 Å². The molecule has 0 heterocycles. The first kappa shape index (κ1) is 25.9. The summed E-state index contributed by atoms with van der Waals surface area (Å²) in [5.74, 6) is 2.43. The summed E-state index contributed by atoms with van der Waals surface area (Å²) in [5, 5.41) is 22.0. The van der Waals surface area contributed by atoms with Gasteiger partial charge in [-0.15, -0.1) is 0 Å². The number of rotatable bonds is 5. The van der Waals surface area contributed by atoms with E-state index in [1.54, 1.807) is 0 Å². The zero-order chi connectivity index (χ0) is 25.0. The van der Waals surface area contributed by atoms with Gasteiger partial charge in [-0.25, -0.2) is 0 Å². The molecule has 0 radical (unpaired) electrons.